The summed E-state index contributed by atoms with van der Waals surface area (Å²) in [5, 5.41) is 0. The minimum atomic E-state index is -0.477. The number of carbonyl (C=O) groups excluding carboxylic acids is 2. The van der Waals surface area contributed by atoms with E-state index in [1.807, 2.05) is 6.92 Å². The maximum Gasteiger partial charge on any atom is 0.334 e. The number of rotatable bonds is 0. The highest BCUT2D eigenvalue weighted by atomic mass is 16.6. The molecular weight excluding hydrogens is 228 g/mol. The first kappa shape index (κ1) is 11.9. The number of hydrogen-bond donors (Lipinski definition) is 0. The molecule has 0 aromatic rings. The Balaban J connectivity index is 2.07. The summed E-state index contributed by atoms with van der Waals surface area (Å²) in [6.45, 7) is 8.11. The summed E-state index contributed by atoms with van der Waals surface area (Å²) in [7, 11) is 0. The first-order valence-corrected chi connectivity index (χ1v) is 6.89. The van der Waals surface area contributed by atoms with Gasteiger partial charge < -0.3 is 4.74 Å². The summed E-state index contributed by atoms with van der Waals surface area (Å²) in [5.74, 6) is 0.923. The monoisotopic (exact) mass is 248 g/mol. The molecule has 2 saturated carbocycles. The van der Waals surface area contributed by atoms with Gasteiger partial charge >= 0.3 is 5.97 Å². The SMILES string of the molecule is C=C1C(=O)O[C@H]2[C@H]1CC[C@H](C)[C@@H]1CCC(=O)[C@]12C. The van der Waals surface area contributed by atoms with Crippen molar-refractivity contribution in [1.82, 2.24) is 0 Å². The lowest BCUT2D eigenvalue weighted by molar-refractivity contribution is -0.151. The van der Waals surface area contributed by atoms with Crippen LogP contribution in [0.5, 0.6) is 0 Å². The van der Waals surface area contributed by atoms with Crippen molar-refractivity contribution in [2.75, 3.05) is 0 Å². The standard InChI is InChI=1S/C15H20O3/c1-8-4-5-10-9(2)14(17)18-13(10)15(3)11(8)6-7-12(15)16/h8,10-11,13H,2,4-7H2,1,3H3/t8-,10-,11-,13-,15-/m0/s1. The Morgan fingerprint density at radius 2 is 2.00 bits per heavy atom. The maximum atomic E-state index is 12.4. The van der Waals surface area contributed by atoms with Gasteiger partial charge in [0.2, 0.25) is 0 Å². The number of ketones is 1. The van der Waals surface area contributed by atoms with Crippen molar-refractivity contribution in [3.63, 3.8) is 0 Å². The van der Waals surface area contributed by atoms with Gasteiger partial charge in [0.05, 0.1) is 5.41 Å². The maximum absolute atomic E-state index is 12.4. The van der Waals surface area contributed by atoms with Gasteiger partial charge in [0, 0.05) is 17.9 Å². The second-order valence-electron chi connectivity index (χ2n) is 6.36. The van der Waals surface area contributed by atoms with E-state index in [-0.39, 0.29) is 23.8 Å². The quantitative estimate of drug-likeness (QED) is 0.488. The van der Waals surface area contributed by atoms with Crippen molar-refractivity contribution in [3.8, 4) is 0 Å². The number of ether oxygens (including phenoxy) is 1. The van der Waals surface area contributed by atoms with Crippen LogP contribution >= 0.6 is 0 Å². The molecule has 0 radical (unpaired) electrons. The van der Waals surface area contributed by atoms with E-state index in [9.17, 15) is 9.59 Å². The number of fused-ring (bicyclic) bond motifs is 3. The summed E-state index contributed by atoms with van der Waals surface area (Å²) in [4.78, 5) is 24.1. The molecule has 3 fully saturated rings. The van der Waals surface area contributed by atoms with Crippen molar-refractivity contribution >= 4 is 11.8 Å². The Morgan fingerprint density at radius 3 is 2.72 bits per heavy atom. The van der Waals surface area contributed by atoms with Crippen molar-refractivity contribution in [1.29, 1.82) is 0 Å². The highest BCUT2D eigenvalue weighted by molar-refractivity contribution is 5.94. The van der Waals surface area contributed by atoms with E-state index >= 15 is 0 Å². The third kappa shape index (κ3) is 1.30. The Labute approximate surface area is 108 Å². The second kappa shape index (κ2) is 3.69. The van der Waals surface area contributed by atoms with Crippen LogP contribution < -0.4 is 0 Å². The van der Waals surface area contributed by atoms with Crippen LogP contribution in [-0.4, -0.2) is 17.9 Å². The predicted molar refractivity (Wildman–Crippen MR) is 66.7 cm³/mol. The molecule has 3 heteroatoms. The van der Waals surface area contributed by atoms with Crippen LogP contribution in [0.2, 0.25) is 0 Å². The number of hydrogen-bond acceptors (Lipinski definition) is 3. The molecule has 1 heterocycles. The van der Waals surface area contributed by atoms with Crippen LogP contribution in [0, 0.1) is 23.2 Å². The fraction of sp³-hybridized carbons (Fsp3) is 0.733. The number of esters is 1. The molecule has 3 rings (SSSR count). The second-order valence-corrected chi connectivity index (χ2v) is 6.36. The highest BCUT2D eigenvalue weighted by Gasteiger charge is 2.60. The van der Waals surface area contributed by atoms with E-state index in [2.05, 4.69) is 13.5 Å². The van der Waals surface area contributed by atoms with Gasteiger partial charge in [-0.05, 0) is 38.0 Å². The fourth-order valence-electron chi connectivity index (χ4n) is 4.42. The van der Waals surface area contributed by atoms with E-state index in [1.165, 1.54) is 0 Å². The normalized spacial score (nSPS) is 47.6. The molecule has 3 aliphatic rings. The Morgan fingerprint density at radius 1 is 1.28 bits per heavy atom. The zero-order chi connectivity index (χ0) is 13.1. The zero-order valence-corrected chi connectivity index (χ0v) is 11.1. The lowest BCUT2D eigenvalue weighted by atomic mass is 9.68. The molecular formula is C15H20O3. The average Bonchev–Trinajstić information content (AvgIpc) is 2.75. The molecule has 3 nitrogen and oxygen atoms in total. The van der Waals surface area contributed by atoms with E-state index < -0.39 is 5.41 Å². The van der Waals surface area contributed by atoms with Gasteiger partial charge in [0.15, 0.2) is 0 Å². The van der Waals surface area contributed by atoms with Crippen molar-refractivity contribution in [3.05, 3.63) is 12.2 Å². The minimum absolute atomic E-state index is 0.0528. The molecule has 98 valence electrons. The number of carbonyl (C=O) groups is 2. The third-order valence-electron chi connectivity index (χ3n) is 5.57. The van der Waals surface area contributed by atoms with Gasteiger partial charge in [-0.25, -0.2) is 4.79 Å². The van der Waals surface area contributed by atoms with E-state index in [0.29, 0.717) is 23.8 Å². The Hall–Kier alpha value is -1.12. The van der Waals surface area contributed by atoms with Crippen LogP contribution in [-0.2, 0) is 14.3 Å². The third-order valence-corrected chi connectivity index (χ3v) is 5.57. The van der Waals surface area contributed by atoms with Gasteiger partial charge in [-0.2, -0.15) is 0 Å². The van der Waals surface area contributed by atoms with E-state index in [1.54, 1.807) is 0 Å². The lowest BCUT2D eigenvalue weighted by Crippen LogP contribution is -2.44. The fourth-order valence-corrected chi connectivity index (χ4v) is 4.42. The summed E-state index contributed by atoms with van der Waals surface area (Å²) in [6.07, 6.45) is 3.31. The molecule has 0 spiro atoms. The molecule has 1 aliphatic heterocycles. The van der Waals surface area contributed by atoms with Crippen molar-refractivity contribution < 1.29 is 14.3 Å². The summed E-state index contributed by atoms with van der Waals surface area (Å²) in [5.41, 5.74) is 0.101. The molecule has 0 aromatic carbocycles. The summed E-state index contributed by atoms with van der Waals surface area (Å²) >= 11 is 0. The molecule has 0 unspecified atom stereocenters. The van der Waals surface area contributed by atoms with Gasteiger partial charge in [-0.1, -0.05) is 13.5 Å². The first-order chi connectivity index (χ1) is 8.46. The van der Waals surface area contributed by atoms with Crippen LogP contribution in [0.25, 0.3) is 0 Å². The molecule has 1 saturated heterocycles. The lowest BCUT2D eigenvalue weighted by Gasteiger charge is -2.36. The highest BCUT2D eigenvalue weighted by Crippen LogP contribution is 2.56. The van der Waals surface area contributed by atoms with E-state index in [4.69, 9.17) is 4.74 Å². The van der Waals surface area contributed by atoms with Gasteiger partial charge in [-0.15, -0.1) is 0 Å². The Kier molecular flexibility index (Phi) is 2.45. The molecule has 18 heavy (non-hydrogen) atoms. The Bertz CT molecular complexity index is 439. The largest absolute Gasteiger partial charge is 0.457 e. The molecule has 2 aliphatic carbocycles. The smallest absolute Gasteiger partial charge is 0.334 e. The molecule has 0 N–H and O–H groups in total. The first-order valence-electron chi connectivity index (χ1n) is 6.89. The molecule has 0 amide bonds. The van der Waals surface area contributed by atoms with Crippen LogP contribution in [0.4, 0.5) is 0 Å². The predicted octanol–water partition coefficient (Wildman–Crippen LogP) is 2.50. The molecule has 5 atom stereocenters. The van der Waals surface area contributed by atoms with Gasteiger partial charge in [0.1, 0.15) is 11.9 Å². The van der Waals surface area contributed by atoms with Crippen molar-refractivity contribution in [2.45, 2.75) is 45.6 Å². The van der Waals surface area contributed by atoms with E-state index in [0.717, 1.165) is 19.3 Å². The summed E-state index contributed by atoms with van der Waals surface area (Å²) < 4.78 is 5.53. The van der Waals surface area contributed by atoms with Gasteiger partial charge in [-0.3, -0.25) is 4.79 Å². The average molecular weight is 248 g/mol. The van der Waals surface area contributed by atoms with Gasteiger partial charge in [0.25, 0.3) is 0 Å². The van der Waals surface area contributed by atoms with Crippen molar-refractivity contribution in [2.24, 2.45) is 23.2 Å². The zero-order valence-electron chi connectivity index (χ0n) is 11.1. The summed E-state index contributed by atoms with van der Waals surface area (Å²) in [6, 6.07) is 0. The topological polar surface area (TPSA) is 43.4 Å². The number of Topliss-reactive ketones (excluding diaryl/α,β-unsaturated/α-hetero) is 1. The minimum Gasteiger partial charge on any atom is -0.457 e. The molecule has 0 aromatic heterocycles. The molecule has 0 bridgehead atoms. The van der Waals surface area contributed by atoms with Crippen LogP contribution in [0.1, 0.15) is 39.5 Å². The van der Waals surface area contributed by atoms with Crippen LogP contribution in [0.15, 0.2) is 12.2 Å². The van der Waals surface area contributed by atoms with Crippen LogP contribution in [0.3, 0.4) is 0 Å².